The first-order chi connectivity index (χ1) is 8.61. The van der Waals surface area contributed by atoms with Gasteiger partial charge in [0.15, 0.2) is 6.20 Å². The molecular weight excluding hydrogens is 236 g/mol. The first-order valence-electron chi connectivity index (χ1n) is 5.86. The number of nitro groups is 1. The zero-order valence-electron chi connectivity index (χ0n) is 10.1. The molecule has 0 spiro atoms. The van der Waals surface area contributed by atoms with Gasteiger partial charge in [0.2, 0.25) is 0 Å². The Labute approximate surface area is 104 Å². The van der Waals surface area contributed by atoms with Crippen molar-refractivity contribution in [2.24, 2.45) is 5.73 Å². The molecule has 0 radical (unpaired) electrons. The Bertz CT molecular complexity index is 421. The third kappa shape index (κ3) is 2.57. The van der Waals surface area contributed by atoms with Crippen LogP contribution in [-0.2, 0) is 4.74 Å². The van der Waals surface area contributed by atoms with Crippen LogP contribution in [0.1, 0.15) is 13.3 Å². The summed E-state index contributed by atoms with van der Waals surface area (Å²) in [5, 5.41) is 13.7. The number of hydrogen-bond donors (Lipinski definition) is 2. The van der Waals surface area contributed by atoms with Crippen LogP contribution in [0.4, 0.5) is 11.5 Å². The molecule has 7 heteroatoms. The molecule has 1 saturated carbocycles. The first kappa shape index (κ1) is 12.7. The summed E-state index contributed by atoms with van der Waals surface area (Å²) >= 11 is 0. The van der Waals surface area contributed by atoms with Gasteiger partial charge in [0.1, 0.15) is 0 Å². The standard InChI is InChI=1S/C11H16N4O3/c1-2-18-9-5-8(12)11(9)14-7-3-4-10(13-6-7)15(16)17/h3-4,6,8-9,11,14H,2,5,12H2,1H3. The second kappa shape index (κ2) is 5.28. The van der Waals surface area contributed by atoms with Crippen LogP contribution >= 0.6 is 0 Å². The van der Waals surface area contributed by atoms with Crippen molar-refractivity contribution in [2.75, 3.05) is 11.9 Å². The molecule has 3 unspecified atom stereocenters. The minimum absolute atomic E-state index is 0.0354. The number of hydrogen-bond acceptors (Lipinski definition) is 6. The van der Waals surface area contributed by atoms with E-state index in [0.717, 1.165) is 6.42 Å². The fourth-order valence-corrected chi connectivity index (χ4v) is 2.00. The highest BCUT2D eigenvalue weighted by Gasteiger charge is 2.39. The summed E-state index contributed by atoms with van der Waals surface area (Å²) in [6.45, 7) is 2.59. The molecule has 3 atom stereocenters. The quantitative estimate of drug-likeness (QED) is 0.596. The van der Waals surface area contributed by atoms with Crippen LogP contribution in [-0.4, -0.2) is 34.7 Å². The van der Waals surface area contributed by atoms with E-state index in [4.69, 9.17) is 10.5 Å². The zero-order valence-corrected chi connectivity index (χ0v) is 10.1. The van der Waals surface area contributed by atoms with Gasteiger partial charge in [-0.05, 0) is 29.3 Å². The number of nitrogens with one attached hydrogen (secondary N) is 1. The molecular formula is C11H16N4O3. The van der Waals surface area contributed by atoms with Crippen LogP contribution in [0, 0.1) is 10.1 Å². The van der Waals surface area contributed by atoms with E-state index in [9.17, 15) is 10.1 Å². The average Bonchev–Trinajstić information content (AvgIpc) is 2.36. The Balaban J connectivity index is 1.98. The summed E-state index contributed by atoms with van der Waals surface area (Å²) in [7, 11) is 0. The van der Waals surface area contributed by atoms with Gasteiger partial charge in [-0.25, -0.2) is 0 Å². The monoisotopic (exact) mass is 252 g/mol. The van der Waals surface area contributed by atoms with Crippen LogP contribution in [0.25, 0.3) is 0 Å². The van der Waals surface area contributed by atoms with E-state index in [1.807, 2.05) is 6.92 Å². The molecule has 98 valence electrons. The topological polar surface area (TPSA) is 103 Å². The first-order valence-corrected chi connectivity index (χ1v) is 5.86. The van der Waals surface area contributed by atoms with Crippen molar-refractivity contribution >= 4 is 11.5 Å². The van der Waals surface area contributed by atoms with E-state index in [2.05, 4.69) is 10.3 Å². The SMILES string of the molecule is CCOC1CC(N)C1Nc1ccc([N+](=O)[O-])nc1. The van der Waals surface area contributed by atoms with Crippen LogP contribution < -0.4 is 11.1 Å². The van der Waals surface area contributed by atoms with Gasteiger partial charge in [-0.15, -0.1) is 0 Å². The summed E-state index contributed by atoms with van der Waals surface area (Å²) in [6.07, 6.45) is 2.36. The van der Waals surface area contributed by atoms with E-state index < -0.39 is 4.92 Å². The molecule has 1 aliphatic carbocycles. The summed E-state index contributed by atoms with van der Waals surface area (Å²) in [5.74, 6) is -0.167. The number of nitrogens with zero attached hydrogens (tertiary/aromatic N) is 2. The molecule has 1 aromatic rings. The maximum atomic E-state index is 10.5. The predicted molar refractivity (Wildman–Crippen MR) is 66.3 cm³/mol. The fraction of sp³-hybridized carbons (Fsp3) is 0.545. The number of rotatable bonds is 5. The van der Waals surface area contributed by atoms with Crippen LogP contribution in [0.3, 0.4) is 0 Å². The Morgan fingerprint density at radius 2 is 2.44 bits per heavy atom. The highest BCUT2D eigenvalue weighted by Crippen LogP contribution is 2.26. The number of aromatic nitrogens is 1. The number of ether oxygens (including phenoxy) is 1. The highest BCUT2D eigenvalue weighted by molar-refractivity contribution is 5.45. The van der Waals surface area contributed by atoms with E-state index >= 15 is 0 Å². The molecule has 0 bridgehead atoms. The van der Waals surface area contributed by atoms with Crippen molar-refractivity contribution in [1.82, 2.24) is 4.98 Å². The van der Waals surface area contributed by atoms with Gasteiger partial charge in [0, 0.05) is 18.7 Å². The smallest absolute Gasteiger partial charge is 0.363 e. The van der Waals surface area contributed by atoms with Gasteiger partial charge < -0.3 is 25.9 Å². The molecule has 0 amide bonds. The van der Waals surface area contributed by atoms with Gasteiger partial charge in [-0.1, -0.05) is 0 Å². The lowest BCUT2D eigenvalue weighted by molar-refractivity contribution is -0.389. The van der Waals surface area contributed by atoms with Gasteiger partial charge in [-0.3, -0.25) is 0 Å². The minimum Gasteiger partial charge on any atom is -0.376 e. The molecule has 2 rings (SSSR count). The number of pyridine rings is 1. The molecule has 7 nitrogen and oxygen atoms in total. The molecule has 1 heterocycles. The molecule has 0 aromatic carbocycles. The second-order valence-corrected chi connectivity index (χ2v) is 4.23. The highest BCUT2D eigenvalue weighted by atomic mass is 16.6. The number of nitrogens with two attached hydrogens (primary N) is 1. The largest absolute Gasteiger partial charge is 0.376 e. The fourth-order valence-electron chi connectivity index (χ4n) is 2.00. The zero-order chi connectivity index (χ0) is 13.1. The summed E-state index contributed by atoms with van der Waals surface area (Å²) < 4.78 is 5.52. The Kier molecular flexibility index (Phi) is 3.73. The van der Waals surface area contributed by atoms with Crippen LogP contribution in [0.2, 0.25) is 0 Å². The van der Waals surface area contributed by atoms with Gasteiger partial charge in [-0.2, -0.15) is 0 Å². The maximum absolute atomic E-state index is 10.5. The number of anilines is 1. The van der Waals surface area contributed by atoms with E-state index in [-0.39, 0.29) is 24.0 Å². The van der Waals surface area contributed by atoms with E-state index in [0.29, 0.717) is 12.3 Å². The normalized spacial score (nSPS) is 26.4. The Morgan fingerprint density at radius 3 is 2.94 bits per heavy atom. The molecule has 1 fully saturated rings. The average molecular weight is 252 g/mol. The Morgan fingerprint density at radius 1 is 1.67 bits per heavy atom. The van der Waals surface area contributed by atoms with E-state index in [1.165, 1.54) is 12.3 Å². The molecule has 0 saturated heterocycles. The van der Waals surface area contributed by atoms with Gasteiger partial charge >= 0.3 is 5.82 Å². The van der Waals surface area contributed by atoms with Crippen molar-refractivity contribution in [3.8, 4) is 0 Å². The maximum Gasteiger partial charge on any atom is 0.363 e. The summed E-state index contributed by atoms with van der Waals surface area (Å²) in [5.41, 5.74) is 6.61. The van der Waals surface area contributed by atoms with Crippen molar-refractivity contribution in [3.63, 3.8) is 0 Å². The predicted octanol–water partition coefficient (Wildman–Crippen LogP) is 0.906. The second-order valence-electron chi connectivity index (χ2n) is 4.23. The molecule has 0 aliphatic heterocycles. The molecule has 3 N–H and O–H groups in total. The van der Waals surface area contributed by atoms with Crippen molar-refractivity contribution in [1.29, 1.82) is 0 Å². The molecule has 18 heavy (non-hydrogen) atoms. The lowest BCUT2D eigenvalue weighted by Gasteiger charge is -2.42. The minimum atomic E-state index is -0.526. The lowest BCUT2D eigenvalue weighted by Crippen LogP contribution is -2.60. The molecule has 1 aromatic heterocycles. The van der Waals surface area contributed by atoms with E-state index in [1.54, 1.807) is 6.07 Å². The van der Waals surface area contributed by atoms with Crippen LogP contribution in [0.5, 0.6) is 0 Å². The molecule has 1 aliphatic rings. The van der Waals surface area contributed by atoms with Crippen molar-refractivity contribution in [2.45, 2.75) is 31.5 Å². The third-order valence-corrected chi connectivity index (χ3v) is 3.02. The lowest BCUT2D eigenvalue weighted by atomic mass is 9.83. The van der Waals surface area contributed by atoms with Crippen molar-refractivity contribution in [3.05, 3.63) is 28.4 Å². The summed E-state index contributed by atoms with van der Waals surface area (Å²) in [6, 6.07) is 3.06. The summed E-state index contributed by atoms with van der Waals surface area (Å²) in [4.78, 5) is 13.7. The van der Waals surface area contributed by atoms with Crippen molar-refractivity contribution < 1.29 is 9.66 Å². The van der Waals surface area contributed by atoms with Crippen LogP contribution in [0.15, 0.2) is 18.3 Å². The third-order valence-electron chi connectivity index (χ3n) is 3.02. The van der Waals surface area contributed by atoms with Gasteiger partial charge in [0.25, 0.3) is 0 Å². The Hall–Kier alpha value is -1.73. The van der Waals surface area contributed by atoms with Gasteiger partial charge in [0.05, 0.1) is 17.8 Å².